The number of nitriles is 2. The van der Waals surface area contributed by atoms with Crippen LogP contribution in [0.1, 0.15) is 99.4 Å². The Hall–Kier alpha value is -5.25. The third-order valence-corrected chi connectivity index (χ3v) is 12.6. The van der Waals surface area contributed by atoms with E-state index in [9.17, 15) is 15.3 Å². The normalized spacial score (nSPS) is 19.5. The van der Waals surface area contributed by atoms with Gasteiger partial charge in [-0.3, -0.25) is 4.79 Å². The molecular weight excluding hydrogens is 858 g/mol. The van der Waals surface area contributed by atoms with E-state index < -0.39 is 5.79 Å². The number of carbonyl (C=O) groups excluding carboxylic acids is 1. The zero-order valence-corrected chi connectivity index (χ0v) is 36.6. The smallest absolute Gasteiger partial charge is 0.190 e. The van der Waals surface area contributed by atoms with Gasteiger partial charge in [-0.25, -0.2) is 29.3 Å². The number of aromatic nitrogens is 8. The summed E-state index contributed by atoms with van der Waals surface area (Å²) in [5.41, 5.74) is 7.55. The summed E-state index contributed by atoms with van der Waals surface area (Å²) < 4.78 is 15.2. The number of ether oxygens (including phenoxy) is 2. The number of hydrogen-bond acceptors (Lipinski definition) is 11. The maximum absolute atomic E-state index is 11.8. The molecule has 310 valence electrons. The molecule has 4 aromatic heterocycles. The van der Waals surface area contributed by atoms with Gasteiger partial charge in [0, 0.05) is 44.8 Å². The number of nitrogens with zero attached hydrogens (tertiary/aromatic N) is 10. The molecule has 2 aliphatic carbocycles. The molecule has 3 aliphatic rings. The van der Waals surface area contributed by atoms with E-state index in [1.54, 1.807) is 46.0 Å². The Labute approximate surface area is 371 Å². The Morgan fingerprint density at radius 3 is 1.67 bits per heavy atom. The Morgan fingerprint density at radius 1 is 0.738 bits per heavy atom. The first-order valence-electron chi connectivity index (χ1n) is 19.7. The van der Waals surface area contributed by atoms with Crippen LogP contribution in [0.25, 0.3) is 33.5 Å². The molecule has 5 heterocycles. The molecule has 61 heavy (non-hydrogen) atoms. The zero-order valence-electron chi connectivity index (χ0n) is 33.5. The number of Topliss-reactive ketones (excluding diaryl/α,β-unsaturated/α-hetero) is 1. The molecule has 1 fully saturated rings. The first kappa shape index (κ1) is 42.4. The summed E-state index contributed by atoms with van der Waals surface area (Å²) >= 11 is 24.9. The summed E-state index contributed by atoms with van der Waals surface area (Å²) in [5.74, 6) is -0.345. The van der Waals surface area contributed by atoms with Gasteiger partial charge in [0.05, 0.1) is 49.1 Å². The molecule has 1 saturated heterocycles. The van der Waals surface area contributed by atoms with E-state index >= 15 is 0 Å². The highest BCUT2D eigenvalue weighted by Gasteiger charge is 2.43. The maximum Gasteiger partial charge on any atom is 0.190 e. The van der Waals surface area contributed by atoms with Crippen molar-refractivity contribution in [3.05, 3.63) is 115 Å². The molecule has 13 nitrogen and oxygen atoms in total. The number of rotatable bonds is 6. The van der Waals surface area contributed by atoms with Crippen molar-refractivity contribution in [3.63, 3.8) is 0 Å². The number of halogens is 4. The number of benzene rings is 2. The fourth-order valence-electron chi connectivity index (χ4n) is 8.08. The van der Waals surface area contributed by atoms with Gasteiger partial charge in [0.25, 0.3) is 0 Å². The van der Waals surface area contributed by atoms with Crippen LogP contribution < -0.4 is 0 Å². The number of allylic oxidation sites excluding steroid dienone is 3. The number of fused-ring (bicyclic) bond motifs is 2. The van der Waals surface area contributed by atoms with Gasteiger partial charge in [-0.15, -0.1) is 0 Å². The molecule has 9 rings (SSSR count). The van der Waals surface area contributed by atoms with Gasteiger partial charge in [-0.05, 0) is 73.2 Å². The lowest BCUT2D eigenvalue weighted by Gasteiger charge is -2.36. The van der Waals surface area contributed by atoms with E-state index in [2.05, 4.69) is 45.3 Å². The van der Waals surface area contributed by atoms with Crippen molar-refractivity contribution >= 4 is 85.7 Å². The first-order valence-corrected chi connectivity index (χ1v) is 21.2. The minimum absolute atomic E-state index is 0.0950. The van der Waals surface area contributed by atoms with E-state index in [-0.39, 0.29) is 41.1 Å². The average Bonchev–Trinajstić information content (AvgIpc) is 3.98. The molecule has 0 saturated carbocycles. The largest absolute Gasteiger partial charge is 0.347 e. The average molecular weight is 897 g/mol. The third-order valence-electron chi connectivity index (χ3n) is 11.5. The Kier molecular flexibility index (Phi) is 12.0. The summed E-state index contributed by atoms with van der Waals surface area (Å²) in [6.07, 6.45) is 10.1. The van der Waals surface area contributed by atoms with Gasteiger partial charge in [-0.1, -0.05) is 84.5 Å². The van der Waals surface area contributed by atoms with Crippen LogP contribution in [-0.2, 0) is 14.3 Å². The van der Waals surface area contributed by atoms with E-state index in [1.807, 2.05) is 39.0 Å². The molecule has 0 amide bonds. The van der Waals surface area contributed by atoms with Gasteiger partial charge in [0.1, 0.15) is 29.0 Å². The minimum Gasteiger partial charge on any atom is -0.347 e. The molecular formula is C44H38Cl4N10O3. The monoisotopic (exact) mass is 894 g/mol. The van der Waals surface area contributed by atoms with Crippen LogP contribution in [-0.4, -0.2) is 64.3 Å². The van der Waals surface area contributed by atoms with Crippen LogP contribution in [0.5, 0.6) is 0 Å². The van der Waals surface area contributed by atoms with Crippen molar-refractivity contribution in [2.75, 3.05) is 13.2 Å². The van der Waals surface area contributed by atoms with Crippen molar-refractivity contribution < 1.29 is 14.3 Å². The van der Waals surface area contributed by atoms with E-state index in [4.69, 9.17) is 65.8 Å². The van der Waals surface area contributed by atoms with Crippen LogP contribution >= 0.6 is 46.4 Å². The molecule has 0 N–H and O–H groups in total. The maximum atomic E-state index is 11.8. The van der Waals surface area contributed by atoms with Crippen molar-refractivity contribution in [2.24, 2.45) is 11.8 Å². The highest BCUT2D eigenvalue weighted by Crippen LogP contribution is 2.42. The number of ketones is 1. The standard InChI is InChI=1S/C23H21Cl2N5O2.C21H17Cl2N5O/c1-13-9-15(5-6-23(13)31-7-8-32-23)20-12-27-21-19(11-26)29-30(22(21)28-20)14(2)17-4-3-16(24)10-18(17)25;1-11-7-13(3-6-19(11)29)18-10-25-20-17(9-24)27-28(21(20)26-18)12(2)15-5-4-14(22)8-16(15)23/h3-4,9-10,12-14H,5-8H2,1-2H3;4-5,7-8,10-12H,3,6H2,1-2H3/t13?,14-;11?,12-/m11/s1. The highest BCUT2D eigenvalue weighted by molar-refractivity contribution is 6.35. The second kappa shape index (κ2) is 17.3. The van der Waals surface area contributed by atoms with Crippen LogP contribution in [0.2, 0.25) is 20.1 Å². The molecule has 4 atom stereocenters. The molecule has 6 aromatic rings. The van der Waals surface area contributed by atoms with E-state index in [0.29, 0.717) is 74.2 Å². The molecule has 2 aromatic carbocycles. The van der Waals surface area contributed by atoms with Gasteiger partial charge in [-0.2, -0.15) is 20.7 Å². The third kappa shape index (κ3) is 8.15. The SMILES string of the molecule is CC1C=C(c2cnc3c(C#N)nn([C@H](C)c4ccc(Cl)cc4Cl)c3n2)CCC12OCCO2.CC1C=C(c2cnc3c(C#N)nn([C@H](C)c4ccc(Cl)cc4Cl)c3n2)CCC1=O. The Morgan fingerprint density at radius 2 is 1.23 bits per heavy atom. The molecule has 0 radical (unpaired) electrons. The van der Waals surface area contributed by atoms with Crippen LogP contribution in [0.15, 0.2) is 60.9 Å². The summed E-state index contributed by atoms with van der Waals surface area (Å²) in [6.45, 7) is 9.12. The fraction of sp³-hybridized carbons (Fsp3) is 0.341. The second-order valence-corrected chi connectivity index (χ2v) is 17.0. The van der Waals surface area contributed by atoms with Crippen molar-refractivity contribution in [1.82, 2.24) is 39.5 Å². The Bertz CT molecular complexity index is 2870. The quantitative estimate of drug-likeness (QED) is 0.156. The van der Waals surface area contributed by atoms with Gasteiger partial charge in [0.2, 0.25) is 0 Å². The summed E-state index contributed by atoms with van der Waals surface area (Å²) in [6, 6.07) is 14.3. The first-order chi connectivity index (χ1) is 29.3. The van der Waals surface area contributed by atoms with Crippen LogP contribution in [0, 0.1) is 34.5 Å². The van der Waals surface area contributed by atoms with Gasteiger partial charge < -0.3 is 9.47 Å². The predicted molar refractivity (Wildman–Crippen MR) is 233 cm³/mol. The van der Waals surface area contributed by atoms with Crippen LogP contribution in [0.3, 0.4) is 0 Å². The molecule has 17 heteroatoms. The molecule has 2 unspecified atom stereocenters. The lowest BCUT2D eigenvalue weighted by molar-refractivity contribution is -0.186. The summed E-state index contributed by atoms with van der Waals surface area (Å²) in [7, 11) is 0. The molecule has 1 spiro atoms. The Balaban J connectivity index is 0.000000169. The van der Waals surface area contributed by atoms with Crippen molar-refractivity contribution in [1.29, 1.82) is 10.5 Å². The second-order valence-electron chi connectivity index (χ2n) is 15.3. The van der Waals surface area contributed by atoms with Crippen molar-refractivity contribution in [2.45, 2.75) is 71.2 Å². The van der Waals surface area contributed by atoms with Crippen LogP contribution in [0.4, 0.5) is 0 Å². The van der Waals surface area contributed by atoms with Crippen molar-refractivity contribution in [3.8, 4) is 12.1 Å². The number of carbonyl (C=O) groups is 1. The highest BCUT2D eigenvalue weighted by atomic mass is 35.5. The van der Waals surface area contributed by atoms with Gasteiger partial charge in [0.15, 0.2) is 28.5 Å². The lowest BCUT2D eigenvalue weighted by Crippen LogP contribution is -2.39. The van der Waals surface area contributed by atoms with E-state index in [1.165, 1.54) is 0 Å². The topological polar surface area (TPSA) is 170 Å². The lowest BCUT2D eigenvalue weighted by atomic mass is 9.85. The fourth-order valence-corrected chi connectivity index (χ4v) is 9.21. The predicted octanol–water partition coefficient (Wildman–Crippen LogP) is 10.2. The molecule has 0 bridgehead atoms. The van der Waals surface area contributed by atoms with Gasteiger partial charge >= 0.3 is 0 Å². The summed E-state index contributed by atoms with van der Waals surface area (Å²) in [4.78, 5) is 30.5. The minimum atomic E-state index is -0.531. The molecule has 1 aliphatic heterocycles. The number of hydrogen-bond donors (Lipinski definition) is 0. The zero-order chi connectivity index (χ0) is 43.2. The summed E-state index contributed by atoms with van der Waals surface area (Å²) in [5, 5.41) is 30.1. The van der Waals surface area contributed by atoms with E-state index in [0.717, 1.165) is 40.8 Å².